The van der Waals surface area contributed by atoms with E-state index in [4.69, 9.17) is 4.74 Å². The first-order valence-electron chi connectivity index (χ1n) is 7.90. The number of carbonyl (C=O) groups is 4. The van der Waals surface area contributed by atoms with E-state index in [0.29, 0.717) is 0 Å². The molecule has 1 heterocycles. The van der Waals surface area contributed by atoms with Crippen molar-refractivity contribution in [1.29, 1.82) is 0 Å². The molecule has 1 rings (SSSR count). The van der Waals surface area contributed by atoms with Gasteiger partial charge < -0.3 is 25.2 Å². The first-order chi connectivity index (χ1) is 11.7. The lowest BCUT2D eigenvalue weighted by Crippen LogP contribution is -2.86. The van der Waals surface area contributed by atoms with Crippen LogP contribution in [0.15, 0.2) is 0 Å². The van der Waals surface area contributed by atoms with Gasteiger partial charge in [-0.3, -0.25) is 19.2 Å². The number of rotatable bonds is 7. The third-order valence-electron chi connectivity index (χ3n) is 4.73. The van der Waals surface area contributed by atoms with Crippen molar-refractivity contribution in [3.05, 3.63) is 0 Å². The third kappa shape index (κ3) is 2.85. The van der Waals surface area contributed by atoms with Gasteiger partial charge in [0.1, 0.15) is 17.6 Å². The fraction of sp³-hybridized carbons (Fsp3) is 0.750. The predicted molar refractivity (Wildman–Crippen MR) is 90.4 cm³/mol. The molecule has 1 saturated heterocycles. The topological polar surface area (TPSA) is 158 Å². The number of hydrogen-bond acceptors (Lipinski definition) is 10. The van der Waals surface area contributed by atoms with Crippen molar-refractivity contribution < 1.29 is 44.3 Å². The Balaban J connectivity index is 3.91. The minimum Gasteiger partial charge on any atom is -0.382 e. The lowest BCUT2D eigenvalue weighted by Gasteiger charge is -2.58. The van der Waals surface area contributed by atoms with Crippen LogP contribution < -0.4 is 0 Å². The van der Waals surface area contributed by atoms with Crippen LogP contribution in [0.4, 0.5) is 0 Å². The zero-order valence-corrected chi connectivity index (χ0v) is 16.0. The molecule has 6 atom stereocenters. The number of carbonyl (C=O) groups excluding carboxylic acids is 4. The summed E-state index contributed by atoms with van der Waals surface area (Å²) in [5, 5.41) is 43.3. The number of aliphatic hydroxyl groups is 4. The maximum atomic E-state index is 12.3. The second-order valence-electron chi connectivity index (χ2n) is 6.31. The van der Waals surface area contributed by atoms with E-state index in [1.807, 2.05) is 0 Å². The SMILES string of the molecule is CCS[C@@H]1O[C@H](C(O)C(C)=O)[C@](O)(C(C)=O)[C@@](O)(C(C)=O)[C@@]1(O)C(C)=O. The summed E-state index contributed by atoms with van der Waals surface area (Å²) in [6.07, 6.45) is -4.17. The van der Waals surface area contributed by atoms with Crippen LogP contribution in [0.1, 0.15) is 34.6 Å². The lowest BCUT2D eigenvalue weighted by molar-refractivity contribution is -0.311. The van der Waals surface area contributed by atoms with Crippen molar-refractivity contribution in [3.8, 4) is 0 Å². The van der Waals surface area contributed by atoms with Crippen LogP contribution in [0.3, 0.4) is 0 Å². The van der Waals surface area contributed by atoms with E-state index < -0.39 is 57.6 Å². The van der Waals surface area contributed by atoms with Gasteiger partial charge in [0.05, 0.1) is 0 Å². The van der Waals surface area contributed by atoms with Crippen molar-refractivity contribution in [2.75, 3.05) is 5.75 Å². The number of Topliss-reactive ketones (excluding diaryl/α,β-unsaturated/α-hetero) is 4. The number of ether oxygens (including phenoxy) is 1. The molecule has 9 nitrogen and oxygen atoms in total. The standard InChI is InChI=1S/C16H24O9S/c1-6-26-13-15(23,9(4)19)16(24,10(5)20)14(22,8(3)18)12(25-13)11(21)7(2)17/h11-13,21-24H,6H2,1-5H3/t11?,12-,13+,14-,15-,16+/m1/s1. The average molecular weight is 392 g/mol. The van der Waals surface area contributed by atoms with Crippen LogP contribution in [0.5, 0.6) is 0 Å². The largest absolute Gasteiger partial charge is 0.382 e. The molecule has 0 amide bonds. The summed E-state index contributed by atoms with van der Waals surface area (Å²) in [7, 11) is 0. The molecule has 1 unspecified atom stereocenters. The summed E-state index contributed by atoms with van der Waals surface area (Å²) >= 11 is 0.802. The molecular formula is C16H24O9S. The summed E-state index contributed by atoms with van der Waals surface area (Å²) < 4.78 is 5.39. The molecule has 0 aromatic heterocycles. The van der Waals surface area contributed by atoms with E-state index in [0.717, 1.165) is 39.5 Å². The van der Waals surface area contributed by atoms with Gasteiger partial charge in [-0.05, 0) is 33.4 Å². The molecule has 0 aromatic rings. The smallest absolute Gasteiger partial charge is 0.200 e. The summed E-state index contributed by atoms with van der Waals surface area (Å²) in [5.41, 5.74) is -11.2. The summed E-state index contributed by atoms with van der Waals surface area (Å²) in [5.74, 6) is -4.35. The van der Waals surface area contributed by atoms with Gasteiger partial charge in [0, 0.05) is 0 Å². The minimum atomic E-state index is -3.34. The Bertz CT molecular complexity index is 635. The maximum absolute atomic E-state index is 12.3. The fourth-order valence-electron chi connectivity index (χ4n) is 3.24. The fourth-order valence-corrected chi connectivity index (χ4v) is 4.32. The third-order valence-corrected chi connectivity index (χ3v) is 5.82. The van der Waals surface area contributed by atoms with Crippen LogP contribution in [-0.4, -0.2) is 83.8 Å². The number of hydrogen-bond donors (Lipinski definition) is 4. The van der Waals surface area contributed by atoms with Crippen LogP contribution in [0.25, 0.3) is 0 Å². The predicted octanol–water partition coefficient (Wildman–Crippen LogP) is -1.63. The molecule has 4 N–H and O–H groups in total. The minimum absolute atomic E-state index is 0.246. The van der Waals surface area contributed by atoms with Gasteiger partial charge >= 0.3 is 0 Å². The molecule has 1 fully saturated rings. The monoisotopic (exact) mass is 392 g/mol. The molecule has 10 heteroatoms. The second kappa shape index (κ2) is 7.45. The first kappa shape index (κ1) is 22.9. The van der Waals surface area contributed by atoms with E-state index in [2.05, 4.69) is 0 Å². The van der Waals surface area contributed by atoms with Gasteiger partial charge in [0.2, 0.25) is 5.60 Å². The second-order valence-corrected chi connectivity index (χ2v) is 7.65. The van der Waals surface area contributed by atoms with Crippen molar-refractivity contribution in [3.63, 3.8) is 0 Å². The van der Waals surface area contributed by atoms with Gasteiger partial charge in [-0.2, -0.15) is 0 Å². The Morgan fingerprint density at radius 1 is 0.962 bits per heavy atom. The Kier molecular flexibility index (Phi) is 6.55. The average Bonchev–Trinajstić information content (AvgIpc) is 2.53. The molecule has 148 valence electrons. The lowest BCUT2D eigenvalue weighted by atomic mass is 9.60. The Labute approximate surface area is 154 Å². The van der Waals surface area contributed by atoms with E-state index in [1.165, 1.54) is 0 Å². The summed E-state index contributed by atoms with van der Waals surface area (Å²) in [6.45, 7) is 5.00. The van der Waals surface area contributed by atoms with Gasteiger partial charge in [-0.25, -0.2) is 0 Å². The Morgan fingerprint density at radius 3 is 1.73 bits per heavy atom. The normalized spacial score (nSPS) is 38.5. The highest BCUT2D eigenvalue weighted by Crippen LogP contribution is 2.50. The van der Waals surface area contributed by atoms with Crippen molar-refractivity contribution in [1.82, 2.24) is 0 Å². The van der Waals surface area contributed by atoms with Gasteiger partial charge in [-0.15, -0.1) is 11.8 Å². The molecule has 0 spiro atoms. The van der Waals surface area contributed by atoms with Gasteiger partial charge in [-0.1, -0.05) is 6.92 Å². The maximum Gasteiger partial charge on any atom is 0.200 e. The Morgan fingerprint density at radius 2 is 1.42 bits per heavy atom. The van der Waals surface area contributed by atoms with Crippen LogP contribution in [0.2, 0.25) is 0 Å². The Hall–Kier alpha value is -1.17. The molecule has 0 aromatic carbocycles. The zero-order chi connectivity index (χ0) is 20.7. The number of ketones is 4. The van der Waals surface area contributed by atoms with E-state index in [-0.39, 0.29) is 5.75 Å². The van der Waals surface area contributed by atoms with Crippen LogP contribution in [-0.2, 0) is 23.9 Å². The molecule has 0 bridgehead atoms. The summed E-state index contributed by atoms with van der Waals surface area (Å²) in [6, 6.07) is 0. The number of aliphatic hydroxyl groups excluding tert-OH is 1. The first-order valence-corrected chi connectivity index (χ1v) is 8.95. The quantitative estimate of drug-likeness (QED) is 0.396. The molecule has 1 aliphatic rings. The molecule has 0 radical (unpaired) electrons. The van der Waals surface area contributed by atoms with E-state index >= 15 is 0 Å². The van der Waals surface area contributed by atoms with Crippen molar-refractivity contribution in [2.45, 2.75) is 69.1 Å². The van der Waals surface area contributed by atoms with Crippen molar-refractivity contribution in [2.24, 2.45) is 0 Å². The highest BCUT2D eigenvalue weighted by molar-refractivity contribution is 7.99. The molecule has 26 heavy (non-hydrogen) atoms. The van der Waals surface area contributed by atoms with Crippen LogP contribution >= 0.6 is 11.8 Å². The highest BCUT2D eigenvalue weighted by atomic mass is 32.2. The molecular weight excluding hydrogens is 368 g/mol. The van der Waals surface area contributed by atoms with E-state index in [9.17, 15) is 39.6 Å². The zero-order valence-electron chi connectivity index (χ0n) is 15.2. The highest BCUT2D eigenvalue weighted by Gasteiger charge is 2.79. The summed E-state index contributed by atoms with van der Waals surface area (Å²) in [4.78, 5) is 48.5. The van der Waals surface area contributed by atoms with E-state index in [1.54, 1.807) is 6.92 Å². The van der Waals surface area contributed by atoms with Gasteiger partial charge in [0.15, 0.2) is 34.3 Å². The van der Waals surface area contributed by atoms with Gasteiger partial charge in [0.25, 0.3) is 0 Å². The molecule has 1 aliphatic heterocycles. The number of thioether (sulfide) groups is 1. The molecule has 0 aliphatic carbocycles. The van der Waals surface area contributed by atoms with Crippen LogP contribution in [0, 0.1) is 0 Å². The molecule has 0 saturated carbocycles. The van der Waals surface area contributed by atoms with Crippen molar-refractivity contribution >= 4 is 34.9 Å².